The monoisotopic (exact) mass is 245 g/mol. The van der Waals surface area contributed by atoms with Crippen LogP contribution >= 0.6 is 0 Å². The van der Waals surface area contributed by atoms with Gasteiger partial charge >= 0.3 is 6.16 Å². The molecule has 1 radical (unpaired) electrons. The molecule has 0 aromatic carbocycles. The zero-order valence-electron chi connectivity index (χ0n) is 4.20. The van der Waals surface area contributed by atoms with Crippen molar-refractivity contribution in [3.8, 4) is 0 Å². The minimum Gasteiger partial charge on any atom is -0.450 e. The predicted octanol–water partition coefficient (Wildman–Crippen LogP) is -0.327. The summed E-state index contributed by atoms with van der Waals surface area (Å²) in [6.07, 6.45) is -1.35. The molecule has 0 aromatic rings. The number of hydrogen-bond donors (Lipinski definition) is 2. The van der Waals surface area contributed by atoms with Gasteiger partial charge in [0.05, 0.1) is 6.61 Å². The number of aliphatic hydroxyl groups is 1. The van der Waals surface area contributed by atoms with E-state index in [-0.39, 0.29) is 48.8 Å². The van der Waals surface area contributed by atoms with Crippen molar-refractivity contribution < 1.29 is 55.3 Å². The van der Waals surface area contributed by atoms with Crippen molar-refractivity contribution >= 4 is 6.16 Å². The number of hydrogen-bond acceptors (Lipinski definition) is 3. The Morgan fingerprint density at radius 2 is 2.12 bits per heavy atom. The van der Waals surface area contributed by atoms with Gasteiger partial charge in [-0.2, -0.15) is 0 Å². The Hall–Kier alpha value is 0.425. The molecule has 0 bridgehead atoms. The Balaban J connectivity index is 0. The molecule has 0 atom stereocenters. The van der Waals surface area contributed by atoms with Crippen molar-refractivity contribution in [3.05, 3.63) is 0 Å². The van der Waals surface area contributed by atoms with Crippen molar-refractivity contribution in [3.63, 3.8) is 0 Å². The van der Waals surface area contributed by atoms with E-state index in [1.165, 1.54) is 0 Å². The molecule has 0 aromatic heterocycles. The van der Waals surface area contributed by atoms with Crippen molar-refractivity contribution in [1.82, 2.24) is 0 Å². The van der Waals surface area contributed by atoms with Gasteiger partial charge in [-0.05, 0) is 0 Å². The number of carboxylic acid groups (broad SMARTS) is 1. The fraction of sp³-hybridized carbons (Fsp3) is 0.667. The van der Waals surface area contributed by atoms with E-state index in [2.05, 4.69) is 4.74 Å². The van der Waals surface area contributed by atoms with Gasteiger partial charge in [0.15, 0.2) is 0 Å². The van der Waals surface area contributed by atoms with Gasteiger partial charge in [-0.1, -0.05) is 0 Å². The van der Waals surface area contributed by atoms with E-state index < -0.39 is 6.16 Å². The minimum atomic E-state index is -1.35. The van der Waals surface area contributed by atoms with E-state index in [1.54, 1.807) is 0 Å². The molecule has 0 saturated heterocycles. The second-order valence-electron chi connectivity index (χ2n) is 0.838. The largest absolute Gasteiger partial charge is 0.505 e. The molecule has 0 heterocycles. The smallest absolute Gasteiger partial charge is 0.450 e. The van der Waals surface area contributed by atoms with Crippen LogP contribution in [0.2, 0.25) is 0 Å². The standard InChI is InChI=1S/C3H6O4.La/c4-1-2-7-3(5)6;/h4H,1-2H2,(H,5,6);. The van der Waals surface area contributed by atoms with E-state index in [0.29, 0.717) is 0 Å². The molecule has 0 aliphatic heterocycles. The normalized spacial score (nSPS) is 7.12. The van der Waals surface area contributed by atoms with E-state index in [9.17, 15) is 4.79 Å². The molecule has 0 aliphatic rings. The first-order chi connectivity index (χ1) is 3.27. The van der Waals surface area contributed by atoms with Gasteiger partial charge < -0.3 is 14.9 Å². The van der Waals surface area contributed by atoms with Crippen LogP contribution in [0, 0.1) is 35.6 Å². The van der Waals surface area contributed by atoms with Crippen LogP contribution < -0.4 is 0 Å². The summed E-state index contributed by atoms with van der Waals surface area (Å²) >= 11 is 0. The van der Waals surface area contributed by atoms with Gasteiger partial charge in [0, 0.05) is 35.6 Å². The van der Waals surface area contributed by atoms with Crippen LogP contribution in [0.25, 0.3) is 0 Å². The minimum absolute atomic E-state index is 0. The SMILES string of the molecule is O=C(O)OCCO.[La]. The number of rotatable bonds is 2. The van der Waals surface area contributed by atoms with Crippen LogP contribution in [0.15, 0.2) is 0 Å². The van der Waals surface area contributed by atoms with Gasteiger partial charge in [0.2, 0.25) is 0 Å². The van der Waals surface area contributed by atoms with Crippen molar-refractivity contribution in [2.45, 2.75) is 0 Å². The Morgan fingerprint density at radius 1 is 1.62 bits per heavy atom. The van der Waals surface area contributed by atoms with Crippen LogP contribution in [-0.2, 0) is 4.74 Å². The van der Waals surface area contributed by atoms with Crippen LogP contribution in [0.1, 0.15) is 0 Å². The zero-order chi connectivity index (χ0) is 5.70. The van der Waals surface area contributed by atoms with E-state index >= 15 is 0 Å². The second kappa shape index (κ2) is 7.42. The Morgan fingerprint density at radius 3 is 2.25 bits per heavy atom. The molecule has 0 rings (SSSR count). The Kier molecular flexibility index (Phi) is 10.4. The summed E-state index contributed by atoms with van der Waals surface area (Å²) < 4.78 is 3.86. The molecule has 4 nitrogen and oxygen atoms in total. The van der Waals surface area contributed by atoms with Gasteiger partial charge in [-0.3, -0.25) is 0 Å². The molecule has 5 heteroatoms. The third kappa shape index (κ3) is 9.66. The van der Waals surface area contributed by atoms with Gasteiger partial charge in [0.25, 0.3) is 0 Å². The summed E-state index contributed by atoms with van der Waals surface area (Å²) in [6, 6.07) is 0. The first-order valence-corrected chi connectivity index (χ1v) is 1.74. The third-order valence-electron chi connectivity index (χ3n) is 0.317. The zero-order valence-corrected chi connectivity index (χ0v) is 7.83. The van der Waals surface area contributed by atoms with Gasteiger partial charge in [0.1, 0.15) is 6.61 Å². The van der Waals surface area contributed by atoms with Crippen LogP contribution in [-0.4, -0.2) is 29.6 Å². The summed E-state index contributed by atoms with van der Waals surface area (Å²) in [6.45, 7) is -0.401. The number of ether oxygens (including phenoxy) is 1. The first-order valence-electron chi connectivity index (χ1n) is 1.74. The van der Waals surface area contributed by atoms with Gasteiger partial charge in [-0.25, -0.2) is 4.79 Å². The number of aliphatic hydroxyl groups excluding tert-OH is 1. The van der Waals surface area contributed by atoms with Crippen molar-refractivity contribution in [1.29, 1.82) is 0 Å². The van der Waals surface area contributed by atoms with Crippen molar-refractivity contribution in [2.24, 2.45) is 0 Å². The van der Waals surface area contributed by atoms with Crippen molar-refractivity contribution in [2.75, 3.05) is 13.2 Å². The van der Waals surface area contributed by atoms with Gasteiger partial charge in [-0.15, -0.1) is 0 Å². The average Bonchev–Trinajstić information content (AvgIpc) is 1.61. The predicted molar refractivity (Wildman–Crippen MR) is 21.1 cm³/mol. The summed E-state index contributed by atoms with van der Waals surface area (Å²) in [5, 5.41) is 15.6. The maximum Gasteiger partial charge on any atom is 0.505 e. The number of carbonyl (C=O) groups is 1. The summed E-state index contributed by atoms with van der Waals surface area (Å²) in [5.74, 6) is 0. The molecule has 0 unspecified atom stereocenters. The second-order valence-corrected chi connectivity index (χ2v) is 0.838. The molecule has 8 heavy (non-hydrogen) atoms. The van der Waals surface area contributed by atoms with Crippen LogP contribution in [0.5, 0.6) is 0 Å². The Labute approximate surface area is 74.4 Å². The molecular formula is C3H6LaO4. The van der Waals surface area contributed by atoms with E-state index in [1.807, 2.05) is 0 Å². The molecule has 0 saturated carbocycles. The molecule has 2 N–H and O–H groups in total. The molecule has 0 fully saturated rings. The topological polar surface area (TPSA) is 66.8 Å². The summed E-state index contributed by atoms with van der Waals surface area (Å²) in [4.78, 5) is 9.42. The Bertz CT molecular complexity index is 64.3. The fourth-order valence-electron chi connectivity index (χ4n) is 0.133. The molecule has 45 valence electrons. The quantitative estimate of drug-likeness (QED) is 0.654. The fourth-order valence-corrected chi connectivity index (χ4v) is 0.133. The summed E-state index contributed by atoms with van der Waals surface area (Å²) in [5.41, 5.74) is 0. The molecule has 0 spiro atoms. The van der Waals surface area contributed by atoms with E-state index in [4.69, 9.17) is 10.2 Å². The summed E-state index contributed by atoms with van der Waals surface area (Å²) in [7, 11) is 0. The van der Waals surface area contributed by atoms with Crippen LogP contribution in [0.3, 0.4) is 0 Å². The maximum atomic E-state index is 9.42. The van der Waals surface area contributed by atoms with Crippen LogP contribution in [0.4, 0.5) is 4.79 Å². The first kappa shape index (κ1) is 11.3. The maximum absolute atomic E-state index is 9.42. The molecular weight excluding hydrogens is 239 g/mol. The van der Waals surface area contributed by atoms with E-state index in [0.717, 1.165) is 0 Å². The average molecular weight is 245 g/mol. The third-order valence-corrected chi connectivity index (χ3v) is 0.317. The molecule has 0 aliphatic carbocycles. The molecule has 0 amide bonds.